The summed E-state index contributed by atoms with van der Waals surface area (Å²) in [4.78, 5) is 11.4. The molecule has 0 aromatic carbocycles. The SMILES string of the molecule is COC(=O)c1scc(COS(C)(=O)=O)c1Cl. The minimum Gasteiger partial charge on any atom is -0.465 e. The standard InChI is InChI=1S/C8H9ClO5S2/c1-13-8(10)7-6(9)5(4-15-7)3-14-16(2,11)12/h4H,3H2,1-2H3. The third-order valence-electron chi connectivity index (χ3n) is 1.60. The zero-order valence-corrected chi connectivity index (χ0v) is 10.9. The highest BCUT2D eigenvalue weighted by molar-refractivity contribution is 7.85. The van der Waals surface area contributed by atoms with Crippen LogP contribution in [-0.2, 0) is 25.6 Å². The van der Waals surface area contributed by atoms with E-state index in [-0.39, 0.29) is 16.5 Å². The Morgan fingerprint density at radius 3 is 2.69 bits per heavy atom. The molecule has 0 spiro atoms. The van der Waals surface area contributed by atoms with E-state index in [1.165, 1.54) is 7.11 Å². The molecular weight excluding hydrogens is 276 g/mol. The maximum Gasteiger partial charge on any atom is 0.349 e. The Bertz CT molecular complexity index is 491. The highest BCUT2D eigenvalue weighted by Crippen LogP contribution is 2.29. The van der Waals surface area contributed by atoms with Crippen LogP contribution in [0.15, 0.2) is 5.38 Å². The summed E-state index contributed by atoms with van der Waals surface area (Å²) in [5, 5.41) is 1.72. The van der Waals surface area contributed by atoms with Crippen LogP contribution in [0.4, 0.5) is 0 Å². The van der Waals surface area contributed by atoms with Crippen molar-refractivity contribution < 1.29 is 22.1 Å². The predicted molar refractivity (Wildman–Crippen MR) is 60.3 cm³/mol. The van der Waals surface area contributed by atoms with E-state index in [1.807, 2.05) is 0 Å². The number of hydrogen-bond acceptors (Lipinski definition) is 6. The Balaban J connectivity index is 2.84. The monoisotopic (exact) mass is 284 g/mol. The van der Waals surface area contributed by atoms with Gasteiger partial charge >= 0.3 is 5.97 Å². The lowest BCUT2D eigenvalue weighted by molar-refractivity contribution is 0.0606. The second-order valence-electron chi connectivity index (χ2n) is 2.86. The fourth-order valence-corrected chi connectivity index (χ4v) is 2.46. The van der Waals surface area contributed by atoms with E-state index in [4.69, 9.17) is 11.6 Å². The average Bonchev–Trinajstić information content (AvgIpc) is 2.55. The first-order valence-corrected chi connectivity index (χ1v) is 7.11. The number of hydrogen-bond donors (Lipinski definition) is 0. The predicted octanol–water partition coefficient (Wildman–Crippen LogP) is 1.66. The van der Waals surface area contributed by atoms with Gasteiger partial charge in [0.1, 0.15) is 4.88 Å². The van der Waals surface area contributed by atoms with Crippen LogP contribution in [0.5, 0.6) is 0 Å². The van der Waals surface area contributed by atoms with Gasteiger partial charge in [-0.1, -0.05) is 11.6 Å². The van der Waals surface area contributed by atoms with Gasteiger partial charge in [-0.3, -0.25) is 4.18 Å². The molecule has 0 N–H and O–H groups in total. The minimum absolute atomic E-state index is 0.167. The Morgan fingerprint density at radius 2 is 2.19 bits per heavy atom. The molecule has 0 aliphatic rings. The molecule has 0 aliphatic carbocycles. The largest absolute Gasteiger partial charge is 0.465 e. The zero-order valence-electron chi connectivity index (χ0n) is 8.52. The molecule has 1 aromatic heterocycles. The number of ether oxygens (including phenoxy) is 1. The Kier molecular flexibility index (Phi) is 4.31. The van der Waals surface area contributed by atoms with Crippen molar-refractivity contribution in [3.05, 3.63) is 20.8 Å². The lowest BCUT2D eigenvalue weighted by Crippen LogP contribution is -2.03. The van der Waals surface area contributed by atoms with Crippen LogP contribution in [-0.4, -0.2) is 27.8 Å². The Labute approximate surface area is 102 Å². The highest BCUT2D eigenvalue weighted by atomic mass is 35.5. The first kappa shape index (κ1) is 13.4. The van der Waals surface area contributed by atoms with E-state index in [2.05, 4.69) is 8.92 Å². The van der Waals surface area contributed by atoms with Gasteiger partial charge < -0.3 is 4.74 Å². The van der Waals surface area contributed by atoms with Crippen LogP contribution in [0.1, 0.15) is 15.2 Å². The molecule has 5 nitrogen and oxygen atoms in total. The molecule has 16 heavy (non-hydrogen) atoms. The maximum absolute atomic E-state index is 11.2. The van der Waals surface area contributed by atoms with Gasteiger partial charge in [-0.25, -0.2) is 4.79 Å². The van der Waals surface area contributed by atoms with E-state index in [0.717, 1.165) is 17.6 Å². The third-order valence-corrected chi connectivity index (χ3v) is 3.70. The number of rotatable bonds is 4. The molecule has 0 bridgehead atoms. The first-order chi connectivity index (χ1) is 7.35. The van der Waals surface area contributed by atoms with Gasteiger partial charge in [0.15, 0.2) is 0 Å². The van der Waals surface area contributed by atoms with E-state index in [9.17, 15) is 13.2 Å². The van der Waals surface area contributed by atoms with Crippen LogP contribution in [0.3, 0.4) is 0 Å². The molecule has 0 unspecified atom stereocenters. The average molecular weight is 285 g/mol. The number of esters is 1. The number of thiophene rings is 1. The topological polar surface area (TPSA) is 69.7 Å². The van der Waals surface area contributed by atoms with Crippen molar-refractivity contribution in [1.29, 1.82) is 0 Å². The summed E-state index contributed by atoms with van der Waals surface area (Å²) < 4.78 is 30.6. The van der Waals surface area contributed by atoms with Crippen molar-refractivity contribution in [2.75, 3.05) is 13.4 Å². The molecule has 90 valence electrons. The summed E-state index contributed by atoms with van der Waals surface area (Å²) in [6.07, 6.45) is 0.939. The van der Waals surface area contributed by atoms with Crippen molar-refractivity contribution in [1.82, 2.24) is 0 Å². The molecule has 1 rings (SSSR count). The fourth-order valence-electron chi connectivity index (χ4n) is 0.878. The van der Waals surface area contributed by atoms with Crippen molar-refractivity contribution in [3.8, 4) is 0 Å². The number of carbonyl (C=O) groups is 1. The third kappa shape index (κ3) is 3.44. The lowest BCUT2D eigenvalue weighted by atomic mass is 10.3. The highest BCUT2D eigenvalue weighted by Gasteiger charge is 2.17. The summed E-state index contributed by atoms with van der Waals surface area (Å²) in [5.41, 5.74) is 0.442. The minimum atomic E-state index is -3.53. The number of carbonyl (C=O) groups excluding carboxylic acids is 1. The van der Waals surface area contributed by atoms with Gasteiger partial charge in [-0.2, -0.15) is 8.42 Å². The maximum atomic E-state index is 11.2. The van der Waals surface area contributed by atoms with Crippen LogP contribution >= 0.6 is 22.9 Å². The second kappa shape index (κ2) is 5.13. The molecule has 1 aromatic rings. The van der Waals surface area contributed by atoms with Gasteiger partial charge in [0.05, 0.1) is 25.0 Å². The Hall–Kier alpha value is -0.630. The van der Waals surface area contributed by atoms with Crippen molar-refractivity contribution >= 4 is 39.0 Å². The molecular formula is C8H9ClO5S2. The van der Waals surface area contributed by atoms with E-state index in [0.29, 0.717) is 5.56 Å². The Morgan fingerprint density at radius 1 is 1.56 bits per heavy atom. The molecule has 0 amide bonds. The van der Waals surface area contributed by atoms with E-state index >= 15 is 0 Å². The molecule has 0 saturated heterocycles. The van der Waals surface area contributed by atoms with Crippen molar-refractivity contribution in [2.24, 2.45) is 0 Å². The molecule has 1 heterocycles. The summed E-state index contributed by atoms with van der Waals surface area (Å²) in [5.74, 6) is -0.555. The van der Waals surface area contributed by atoms with Crippen LogP contribution in [0, 0.1) is 0 Å². The van der Waals surface area contributed by atoms with Crippen molar-refractivity contribution in [3.63, 3.8) is 0 Å². The van der Waals surface area contributed by atoms with Gasteiger partial charge in [0.25, 0.3) is 10.1 Å². The molecule has 0 radical (unpaired) electrons. The van der Waals surface area contributed by atoms with Gasteiger partial charge in [0.2, 0.25) is 0 Å². The normalized spacial score (nSPS) is 11.4. The van der Waals surface area contributed by atoms with Crippen LogP contribution in [0.25, 0.3) is 0 Å². The summed E-state index contributed by atoms with van der Waals surface area (Å²) in [6.45, 7) is -0.189. The second-order valence-corrected chi connectivity index (χ2v) is 5.76. The summed E-state index contributed by atoms with van der Waals surface area (Å²) >= 11 is 6.94. The van der Waals surface area contributed by atoms with E-state index in [1.54, 1.807) is 5.38 Å². The zero-order chi connectivity index (χ0) is 12.3. The van der Waals surface area contributed by atoms with Crippen LogP contribution < -0.4 is 0 Å². The fraction of sp³-hybridized carbons (Fsp3) is 0.375. The molecule has 0 atom stereocenters. The number of methoxy groups -OCH3 is 1. The molecule has 0 saturated carbocycles. The van der Waals surface area contributed by atoms with Gasteiger partial charge in [0, 0.05) is 5.56 Å². The summed E-state index contributed by atoms with van der Waals surface area (Å²) in [7, 11) is -2.28. The lowest BCUT2D eigenvalue weighted by Gasteiger charge is -2.00. The summed E-state index contributed by atoms with van der Waals surface area (Å²) in [6, 6.07) is 0. The molecule has 0 aliphatic heterocycles. The molecule has 8 heteroatoms. The number of halogens is 1. The van der Waals surface area contributed by atoms with Gasteiger partial charge in [-0.05, 0) is 5.38 Å². The van der Waals surface area contributed by atoms with Crippen LogP contribution in [0.2, 0.25) is 5.02 Å². The molecule has 0 fully saturated rings. The van der Waals surface area contributed by atoms with E-state index < -0.39 is 16.1 Å². The van der Waals surface area contributed by atoms with Crippen molar-refractivity contribution in [2.45, 2.75) is 6.61 Å². The first-order valence-electron chi connectivity index (χ1n) is 4.03. The quantitative estimate of drug-likeness (QED) is 0.621. The van der Waals surface area contributed by atoms with Gasteiger partial charge in [-0.15, -0.1) is 11.3 Å². The smallest absolute Gasteiger partial charge is 0.349 e.